The molecule has 0 radical (unpaired) electrons. The molecule has 0 spiro atoms. The van der Waals surface area contributed by atoms with Crippen molar-refractivity contribution < 1.29 is 14.3 Å². The Morgan fingerprint density at radius 3 is 2.43 bits per heavy atom. The van der Waals surface area contributed by atoms with Crippen molar-refractivity contribution in [2.45, 2.75) is 25.8 Å². The van der Waals surface area contributed by atoms with Gasteiger partial charge in [0.15, 0.2) is 0 Å². The molecule has 1 unspecified atom stereocenters. The number of amides is 2. The lowest BCUT2D eigenvalue weighted by Crippen LogP contribution is -2.38. The summed E-state index contributed by atoms with van der Waals surface area (Å²) in [6, 6.07) is 14.6. The second kappa shape index (κ2) is 9.13. The van der Waals surface area contributed by atoms with Gasteiger partial charge >= 0.3 is 0 Å². The zero-order valence-corrected chi connectivity index (χ0v) is 17.7. The lowest BCUT2D eigenvalue weighted by molar-refractivity contribution is 0.0589. The molecule has 30 heavy (non-hydrogen) atoms. The van der Waals surface area contributed by atoms with E-state index < -0.39 is 0 Å². The Morgan fingerprint density at radius 2 is 1.77 bits per heavy atom. The smallest absolute Gasteiger partial charge is 0.261 e. The van der Waals surface area contributed by atoms with Gasteiger partial charge in [0.05, 0.1) is 29.4 Å². The molecule has 0 saturated carbocycles. The number of anilines is 1. The Balaban J connectivity index is 0.00000256. The summed E-state index contributed by atoms with van der Waals surface area (Å²) in [6.45, 7) is 2.62. The lowest BCUT2D eigenvalue weighted by Gasteiger charge is -2.22. The number of nitrogens with one attached hydrogen (secondary N) is 1. The highest BCUT2D eigenvalue weighted by atomic mass is 35.5. The Morgan fingerprint density at radius 1 is 1.07 bits per heavy atom. The van der Waals surface area contributed by atoms with Crippen molar-refractivity contribution in [3.63, 3.8) is 0 Å². The number of benzene rings is 2. The van der Waals surface area contributed by atoms with Gasteiger partial charge in [-0.05, 0) is 44.0 Å². The van der Waals surface area contributed by atoms with E-state index in [2.05, 4.69) is 10.3 Å². The van der Waals surface area contributed by atoms with E-state index in [0.717, 1.165) is 28.8 Å². The number of imide groups is 1. The van der Waals surface area contributed by atoms with Gasteiger partial charge in [0.25, 0.3) is 11.8 Å². The van der Waals surface area contributed by atoms with Gasteiger partial charge < -0.3 is 10.1 Å². The summed E-state index contributed by atoms with van der Waals surface area (Å²) in [5.41, 5.74) is 2.79. The number of carbonyl (C=O) groups is 2. The van der Waals surface area contributed by atoms with Gasteiger partial charge in [-0.15, -0.1) is 12.4 Å². The number of aromatic nitrogens is 1. The van der Waals surface area contributed by atoms with Crippen molar-refractivity contribution in [1.29, 1.82) is 0 Å². The van der Waals surface area contributed by atoms with E-state index in [9.17, 15) is 9.59 Å². The number of nitrogens with zero attached hydrogens (tertiary/aromatic N) is 2. The first-order valence-electron chi connectivity index (χ1n) is 9.73. The summed E-state index contributed by atoms with van der Waals surface area (Å²) in [6.07, 6.45) is 3.29. The molecule has 1 aliphatic heterocycles. The van der Waals surface area contributed by atoms with E-state index in [1.54, 1.807) is 37.6 Å². The van der Waals surface area contributed by atoms with Crippen LogP contribution in [0.25, 0.3) is 10.9 Å². The van der Waals surface area contributed by atoms with E-state index in [0.29, 0.717) is 24.1 Å². The molecular formula is C23H24ClN3O3. The highest BCUT2D eigenvalue weighted by Gasteiger charge is 2.37. The highest BCUT2D eigenvalue weighted by molar-refractivity contribution is 6.21. The molecule has 0 aliphatic carbocycles. The van der Waals surface area contributed by atoms with Crippen molar-refractivity contribution in [2.75, 3.05) is 19.0 Å². The summed E-state index contributed by atoms with van der Waals surface area (Å²) in [7, 11) is 1.64. The molecule has 0 saturated heterocycles. The van der Waals surface area contributed by atoms with Crippen LogP contribution in [0.4, 0.5) is 5.69 Å². The predicted octanol–water partition coefficient (Wildman–Crippen LogP) is 4.54. The molecule has 0 fully saturated rings. The summed E-state index contributed by atoms with van der Waals surface area (Å²) < 4.78 is 5.38. The number of carbonyl (C=O) groups excluding carboxylic acids is 2. The molecule has 6 nitrogen and oxygen atoms in total. The van der Waals surface area contributed by atoms with E-state index >= 15 is 0 Å². The quantitative estimate of drug-likeness (QED) is 0.444. The van der Waals surface area contributed by atoms with Crippen LogP contribution < -0.4 is 10.1 Å². The Labute approximate surface area is 181 Å². The summed E-state index contributed by atoms with van der Waals surface area (Å²) in [5.74, 6) is 0.371. The van der Waals surface area contributed by atoms with E-state index in [4.69, 9.17) is 4.74 Å². The SMILES string of the molecule is COc1cc(NCCCC(C)N2C(=O)c3ccccc3C2=O)c2ncccc2c1.Cl. The van der Waals surface area contributed by atoms with Gasteiger partial charge in [-0.25, -0.2) is 0 Å². The van der Waals surface area contributed by atoms with Crippen LogP contribution in [0.1, 0.15) is 40.5 Å². The molecule has 2 heterocycles. The average Bonchev–Trinajstić information content (AvgIpc) is 3.01. The van der Waals surface area contributed by atoms with Crippen LogP contribution in [0.3, 0.4) is 0 Å². The monoisotopic (exact) mass is 425 g/mol. The number of rotatable bonds is 7. The topological polar surface area (TPSA) is 71.5 Å². The molecule has 4 rings (SSSR count). The van der Waals surface area contributed by atoms with Crippen LogP contribution in [0.5, 0.6) is 5.75 Å². The summed E-state index contributed by atoms with van der Waals surface area (Å²) in [5, 5.41) is 4.43. The maximum atomic E-state index is 12.6. The molecule has 1 atom stereocenters. The Hall–Kier alpha value is -3.12. The first-order valence-corrected chi connectivity index (χ1v) is 9.73. The molecule has 156 valence electrons. The van der Waals surface area contributed by atoms with Crippen LogP contribution in [0, 0.1) is 0 Å². The average molecular weight is 426 g/mol. The second-order valence-electron chi connectivity index (χ2n) is 7.19. The number of pyridine rings is 1. The van der Waals surface area contributed by atoms with Gasteiger partial charge in [0, 0.05) is 30.2 Å². The summed E-state index contributed by atoms with van der Waals surface area (Å²) >= 11 is 0. The van der Waals surface area contributed by atoms with Crippen LogP contribution in [0.2, 0.25) is 0 Å². The second-order valence-corrected chi connectivity index (χ2v) is 7.19. The lowest BCUT2D eigenvalue weighted by atomic mass is 10.1. The maximum absolute atomic E-state index is 12.6. The van der Waals surface area contributed by atoms with Crippen molar-refractivity contribution in [2.24, 2.45) is 0 Å². The maximum Gasteiger partial charge on any atom is 0.261 e. The molecule has 2 amide bonds. The minimum atomic E-state index is -0.200. The number of ether oxygens (including phenoxy) is 1. The molecular weight excluding hydrogens is 402 g/mol. The van der Waals surface area contributed by atoms with E-state index in [1.807, 2.05) is 31.2 Å². The zero-order chi connectivity index (χ0) is 20.4. The molecule has 0 bridgehead atoms. The van der Waals surface area contributed by atoms with Gasteiger partial charge in [-0.1, -0.05) is 18.2 Å². The van der Waals surface area contributed by atoms with E-state index in [-0.39, 0.29) is 30.3 Å². The Kier molecular flexibility index (Phi) is 6.57. The van der Waals surface area contributed by atoms with Crippen molar-refractivity contribution >= 4 is 40.8 Å². The number of methoxy groups -OCH3 is 1. The van der Waals surface area contributed by atoms with Crippen molar-refractivity contribution in [1.82, 2.24) is 9.88 Å². The van der Waals surface area contributed by atoms with Crippen LogP contribution in [-0.4, -0.2) is 41.4 Å². The predicted molar refractivity (Wildman–Crippen MR) is 120 cm³/mol. The highest BCUT2D eigenvalue weighted by Crippen LogP contribution is 2.28. The van der Waals surface area contributed by atoms with Gasteiger partial charge in [0.1, 0.15) is 5.75 Å². The number of hydrogen-bond acceptors (Lipinski definition) is 5. The normalized spacial score (nSPS) is 13.7. The fraction of sp³-hybridized carbons (Fsp3) is 0.261. The minimum Gasteiger partial charge on any atom is -0.497 e. The third-order valence-corrected chi connectivity index (χ3v) is 5.29. The molecule has 1 aromatic heterocycles. The number of fused-ring (bicyclic) bond motifs is 2. The summed E-state index contributed by atoms with van der Waals surface area (Å²) in [4.78, 5) is 31.0. The van der Waals surface area contributed by atoms with Gasteiger partial charge in [-0.2, -0.15) is 0 Å². The Bertz CT molecular complexity index is 1050. The standard InChI is InChI=1S/C23H23N3O3.ClH/c1-15(26-22(27)18-9-3-4-10-19(18)23(26)28)7-5-11-24-20-14-17(29-2)13-16-8-6-12-25-21(16)20;/h3-4,6,8-10,12-15,24H,5,7,11H2,1-2H3;1H. The van der Waals surface area contributed by atoms with Crippen LogP contribution in [-0.2, 0) is 0 Å². The molecule has 2 aromatic carbocycles. The van der Waals surface area contributed by atoms with Gasteiger partial charge in [-0.3, -0.25) is 19.5 Å². The number of halogens is 1. The van der Waals surface area contributed by atoms with Gasteiger partial charge in [0.2, 0.25) is 0 Å². The molecule has 7 heteroatoms. The largest absolute Gasteiger partial charge is 0.497 e. The fourth-order valence-corrected chi connectivity index (χ4v) is 3.78. The zero-order valence-electron chi connectivity index (χ0n) is 16.9. The third kappa shape index (κ3) is 3.96. The first kappa shape index (κ1) is 21.6. The first-order chi connectivity index (χ1) is 14.1. The van der Waals surface area contributed by atoms with Crippen molar-refractivity contribution in [3.05, 3.63) is 65.9 Å². The van der Waals surface area contributed by atoms with E-state index in [1.165, 1.54) is 4.90 Å². The molecule has 1 N–H and O–H groups in total. The minimum absolute atomic E-state index is 0. The third-order valence-electron chi connectivity index (χ3n) is 5.29. The van der Waals surface area contributed by atoms with Crippen LogP contribution in [0.15, 0.2) is 54.7 Å². The van der Waals surface area contributed by atoms with Crippen LogP contribution >= 0.6 is 12.4 Å². The van der Waals surface area contributed by atoms with Crippen molar-refractivity contribution in [3.8, 4) is 5.75 Å². The molecule has 3 aromatic rings. The molecule has 1 aliphatic rings. The number of hydrogen-bond donors (Lipinski definition) is 1. The fourth-order valence-electron chi connectivity index (χ4n) is 3.78.